The maximum Gasteiger partial charge on any atom is 0.276 e. The third-order valence-corrected chi connectivity index (χ3v) is 7.96. The molecule has 1 saturated heterocycles. The van der Waals surface area contributed by atoms with E-state index in [9.17, 15) is 9.59 Å². The summed E-state index contributed by atoms with van der Waals surface area (Å²) in [6, 6.07) is 5.36. The van der Waals surface area contributed by atoms with Crippen LogP contribution in [0.15, 0.2) is 23.6 Å². The molecule has 1 aromatic carbocycles. The number of nitrogens with zero attached hydrogens (tertiary/aromatic N) is 4. The lowest BCUT2D eigenvalue weighted by molar-refractivity contribution is 0.0708. The molecule has 1 N–H and O–H groups in total. The highest BCUT2D eigenvalue weighted by Gasteiger charge is 2.30. The van der Waals surface area contributed by atoms with Crippen molar-refractivity contribution in [1.82, 2.24) is 19.7 Å². The average Bonchev–Trinajstić information content (AvgIpc) is 3.54. The van der Waals surface area contributed by atoms with Crippen molar-refractivity contribution in [3.05, 3.63) is 45.5 Å². The molecular weight excluding hydrogens is 494 g/mol. The number of rotatable bonds is 8. The summed E-state index contributed by atoms with van der Waals surface area (Å²) in [4.78, 5) is 32.6. The summed E-state index contributed by atoms with van der Waals surface area (Å²) in [6.07, 6.45) is 3.85. The van der Waals surface area contributed by atoms with Crippen molar-refractivity contribution in [2.75, 3.05) is 39.7 Å². The van der Waals surface area contributed by atoms with Crippen LogP contribution in [0.5, 0.6) is 17.2 Å². The van der Waals surface area contributed by atoms with Crippen LogP contribution in [-0.4, -0.2) is 65.9 Å². The van der Waals surface area contributed by atoms with Crippen LogP contribution in [0, 0.1) is 0 Å². The van der Waals surface area contributed by atoms with Gasteiger partial charge in [0, 0.05) is 43.4 Å². The fourth-order valence-corrected chi connectivity index (χ4v) is 5.69. The zero-order valence-corrected chi connectivity index (χ0v) is 22.3. The molecule has 3 heterocycles. The van der Waals surface area contributed by atoms with Gasteiger partial charge in [0.2, 0.25) is 5.75 Å². The number of amides is 2. The minimum Gasteiger partial charge on any atom is -0.493 e. The fourth-order valence-electron chi connectivity index (χ4n) is 4.71. The van der Waals surface area contributed by atoms with Gasteiger partial charge in [0.05, 0.1) is 37.6 Å². The third-order valence-electron chi connectivity index (χ3n) is 6.96. The number of aromatic nitrogens is 3. The number of carbonyl (C=O) groups excluding carboxylic acids is 2. The van der Waals surface area contributed by atoms with Gasteiger partial charge in [0.1, 0.15) is 11.5 Å². The van der Waals surface area contributed by atoms with Crippen molar-refractivity contribution in [3.8, 4) is 17.2 Å². The molecule has 1 saturated carbocycles. The first-order valence-corrected chi connectivity index (χ1v) is 13.2. The maximum absolute atomic E-state index is 13.3. The summed E-state index contributed by atoms with van der Waals surface area (Å²) in [5.41, 5.74) is 1.87. The summed E-state index contributed by atoms with van der Waals surface area (Å²) in [7, 11) is 6.41. The minimum atomic E-state index is -0.235. The zero-order chi connectivity index (χ0) is 26.1. The molecule has 0 atom stereocenters. The molecule has 1 aliphatic carbocycles. The molecule has 196 valence electrons. The van der Waals surface area contributed by atoms with Crippen molar-refractivity contribution < 1.29 is 23.8 Å². The van der Waals surface area contributed by atoms with E-state index in [1.54, 1.807) is 29.3 Å². The Bertz CT molecular complexity index is 1310. The summed E-state index contributed by atoms with van der Waals surface area (Å²) in [5.74, 6) is 2.31. The van der Waals surface area contributed by atoms with Crippen molar-refractivity contribution in [1.29, 1.82) is 0 Å². The van der Waals surface area contributed by atoms with Gasteiger partial charge in [0.25, 0.3) is 11.8 Å². The van der Waals surface area contributed by atoms with Crippen LogP contribution in [0.1, 0.15) is 69.1 Å². The monoisotopic (exact) mass is 525 g/mol. The molecule has 0 spiro atoms. The number of hydrogen-bond acceptors (Lipinski definition) is 8. The van der Waals surface area contributed by atoms with Crippen LogP contribution in [0.25, 0.3) is 0 Å². The normalized spacial score (nSPS) is 15.9. The number of aryl methyl sites for hydroxylation is 1. The first-order valence-electron chi connectivity index (χ1n) is 12.3. The summed E-state index contributed by atoms with van der Waals surface area (Å²) in [5, 5.41) is 10.2. The molecular formula is C26H31N5O5S. The van der Waals surface area contributed by atoms with Gasteiger partial charge in [-0.1, -0.05) is 0 Å². The largest absolute Gasteiger partial charge is 0.493 e. The number of nitrogens with one attached hydrogen (secondary N) is 1. The molecule has 2 aliphatic rings. The Hall–Kier alpha value is -3.60. The van der Waals surface area contributed by atoms with Crippen LogP contribution in [0.3, 0.4) is 0 Å². The lowest BCUT2D eigenvalue weighted by atomic mass is 9.97. The van der Waals surface area contributed by atoms with Gasteiger partial charge in [-0.15, -0.1) is 11.3 Å². The molecule has 2 amide bonds. The molecule has 37 heavy (non-hydrogen) atoms. The average molecular weight is 526 g/mol. The van der Waals surface area contributed by atoms with Crippen LogP contribution in [0.4, 0.5) is 5.82 Å². The van der Waals surface area contributed by atoms with E-state index in [1.807, 2.05) is 18.0 Å². The molecule has 1 aliphatic heterocycles. The van der Waals surface area contributed by atoms with E-state index in [0.29, 0.717) is 53.3 Å². The van der Waals surface area contributed by atoms with E-state index in [-0.39, 0.29) is 17.7 Å². The van der Waals surface area contributed by atoms with E-state index in [2.05, 4.69) is 15.4 Å². The second-order valence-corrected chi connectivity index (χ2v) is 10.2. The van der Waals surface area contributed by atoms with Gasteiger partial charge in [-0.2, -0.15) is 5.10 Å². The predicted octanol–water partition coefficient (Wildman–Crippen LogP) is 4.05. The number of likely N-dealkylation sites (tertiary alicyclic amines) is 1. The highest BCUT2D eigenvalue weighted by Crippen LogP contribution is 2.41. The molecule has 0 radical (unpaired) electrons. The standard InChI is InChI=1S/C26H31N5O5S/c1-30-21(13-18(29-30)15-5-6-15)28-24(32)19-14-37-25(27-19)16-9-11-31(12-10-16)26(33)17-7-8-20(34-2)23(36-4)22(17)35-3/h7-8,13-16H,5-6,9-12H2,1-4H3,(H,28,32). The topological polar surface area (TPSA) is 108 Å². The van der Waals surface area contributed by atoms with Gasteiger partial charge >= 0.3 is 0 Å². The molecule has 2 fully saturated rings. The Kier molecular flexibility index (Phi) is 7.05. The number of carbonyl (C=O) groups is 2. The van der Waals surface area contributed by atoms with E-state index in [4.69, 9.17) is 14.2 Å². The van der Waals surface area contributed by atoms with Crippen LogP contribution in [0.2, 0.25) is 0 Å². The van der Waals surface area contributed by atoms with Crippen molar-refractivity contribution in [3.63, 3.8) is 0 Å². The third kappa shape index (κ3) is 5.00. The van der Waals surface area contributed by atoms with E-state index < -0.39 is 0 Å². The summed E-state index contributed by atoms with van der Waals surface area (Å²) >= 11 is 1.49. The molecule has 3 aromatic rings. The fraction of sp³-hybridized carbons (Fsp3) is 0.462. The molecule has 0 unspecified atom stereocenters. The van der Waals surface area contributed by atoms with E-state index >= 15 is 0 Å². The maximum atomic E-state index is 13.3. The first-order chi connectivity index (χ1) is 17.9. The molecule has 2 aromatic heterocycles. The minimum absolute atomic E-state index is 0.114. The highest BCUT2D eigenvalue weighted by atomic mass is 32.1. The second-order valence-electron chi connectivity index (χ2n) is 9.33. The van der Waals surface area contributed by atoms with Crippen molar-refractivity contribution in [2.24, 2.45) is 7.05 Å². The van der Waals surface area contributed by atoms with Gasteiger partial charge < -0.3 is 24.4 Å². The molecule has 10 nitrogen and oxygen atoms in total. The van der Waals surface area contributed by atoms with Crippen LogP contribution in [-0.2, 0) is 7.05 Å². The Morgan fingerprint density at radius 3 is 2.38 bits per heavy atom. The van der Waals surface area contributed by atoms with E-state index in [0.717, 1.165) is 36.4 Å². The van der Waals surface area contributed by atoms with Gasteiger partial charge in [-0.3, -0.25) is 14.3 Å². The number of anilines is 1. The smallest absolute Gasteiger partial charge is 0.276 e. The number of methoxy groups -OCH3 is 3. The Balaban J connectivity index is 1.21. The Labute approximate surface area is 219 Å². The molecule has 5 rings (SSSR count). The quantitative estimate of drug-likeness (QED) is 0.473. The second kappa shape index (κ2) is 10.4. The lowest BCUT2D eigenvalue weighted by Crippen LogP contribution is -2.38. The number of benzene rings is 1. The number of hydrogen-bond donors (Lipinski definition) is 1. The van der Waals surface area contributed by atoms with Crippen LogP contribution < -0.4 is 19.5 Å². The molecule has 11 heteroatoms. The van der Waals surface area contributed by atoms with Crippen molar-refractivity contribution >= 4 is 29.0 Å². The van der Waals surface area contributed by atoms with E-state index in [1.165, 1.54) is 25.6 Å². The SMILES string of the molecule is COc1ccc(C(=O)N2CCC(c3nc(C(=O)Nc4cc(C5CC5)nn4C)cs3)CC2)c(OC)c1OC. The molecule has 0 bridgehead atoms. The number of thiazole rings is 1. The lowest BCUT2D eigenvalue weighted by Gasteiger charge is -2.31. The highest BCUT2D eigenvalue weighted by molar-refractivity contribution is 7.10. The first kappa shape index (κ1) is 25.1. The van der Waals surface area contributed by atoms with Crippen molar-refractivity contribution in [2.45, 2.75) is 37.5 Å². The predicted molar refractivity (Wildman–Crippen MR) is 139 cm³/mol. The Morgan fingerprint density at radius 1 is 1.00 bits per heavy atom. The Morgan fingerprint density at radius 2 is 1.73 bits per heavy atom. The van der Waals surface area contributed by atoms with Gasteiger partial charge in [0.15, 0.2) is 11.5 Å². The zero-order valence-electron chi connectivity index (χ0n) is 21.4. The number of ether oxygens (including phenoxy) is 3. The van der Waals surface area contributed by atoms with Gasteiger partial charge in [-0.05, 0) is 37.8 Å². The van der Waals surface area contributed by atoms with Crippen LogP contribution >= 0.6 is 11.3 Å². The number of piperidine rings is 1. The summed E-state index contributed by atoms with van der Waals surface area (Å²) in [6.45, 7) is 1.17. The summed E-state index contributed by atoms with van der Waals surface area (Å²) < 4.78 is 18.0. The van der Waals surface area contributed by atoms with Gasteiger partial charge in [-0.25, -0.2) is 4.98 Å².